The van der Waals surface area contributed by atoms with Gasteiger partial charge in [-0.05, 0) is 36.2 Å². The van der Waals surface area contributed by atoms with Crippen molar-refractivity contribution in [3.63, 3.8) is 0 Å². The Morgan fingerprint density at radius 1 is 0.895 bits per heavy atom. The Morgan fingerprint density at radius 3 is 2.05 bits per heavy atom. The van der Waals surface area contributed by atoms with Crippen molar-refractivity contribution in [2.24, 2.45) is 0 Å². The number of amides is 2. The highest BCUT2D eigenvalue weighted by molar-refractivity contribution is 7.89. The number of carbonyl (C=O) groups is 2. The van der Waals surface area contributed by atoms with Crippen LogP contribution in [0.25, 0.3) is 0 Å². The molecule has 3 aromatic rings. The molecule has 0 heterocycles. The second-order valence-corrected chi connectivity index (χ2v) is 11.6. The molecule has 7 nitrogen and oxygen atoms in total. The summed E-state index contributed by atoms with van der Waals surface area (Å²) in [5, 5.41) is 3.44. The van der Waals surface area contributed by atoms with E-state index in [4.69, 9.17) is 23.2 Å². The van der Waals surface area contributed by atoms with Crippen LogP contribution in [0.3, 0.4) is 0 Å². The van der Waals surface area contributed by atoms with Gasteiger partial charge in [0.15, 0.2) is 0 Å². The molecule has 2 amide bonds. The molecule has 0 aliphatic rings. The number of hydrogen-bond donors (Lipinski definition) is 1. The number of benzene rings is 3. The average molecular weight is 577 g/mol. The van der Waals surface area contributed by atoms with Crippen molar-refractivity contribution in [3.05, 3.63) is 100 Å². The summed E-state index contributed by atoms with van der Waals surface area (Å²) in [7, 11) is -0.676. The van der Waals surface area contributed by atoms with Gasteiger partial charge in [0.2, 0.25) is 21.8 Å². The van der Waals surface area contributed by atoms with Crippen molar-refractivity contribution in [1.29, 1.82) is 0 Å². The predicted octanol–water partition coefficient (Wildman–Crippen LogP) is 4.78. The van der Waals surface area contributed by atoms with Crippen LogP contribution < -0.4 is 5.32 Å². The molecule has 1 atom stereocenters. The summed E-state index contributed by atoms with van der Waals surface area (Å²) in [6.45, 7) is 0.160. The maximum absolute atomic E-state index is 13.6. The summed E-state index contributed by atoms with van der Waals surface area (Å²) in [4.78, 5) is 28.3. The van der Waals surface area contributed by atoms with Crippen LogP contribution in [0.4, 0.5) is 0 Å². The normalized spacial score (nSPS) is 12.2. The SMILES string of the molecule is CNC(=O)[C@H](Cc1ccccc1)N(Cc1c(Cl)cccc1Cl)C(=O)CCCN(C)S(=O)(=O)c1ccccc1. The van der Waals surface area contributed by atoms with E-state index in [1.54, 1.807) is 36.4 Å². The van der Waals surface area contributed by atoms with Crippen molar-refractivity contribution in [3.8, 4) is 0 Å². The third-order valence-electron chi connectivity index (χ3n) is 6.22. The second kappa shape index (κ2) is 13.8. The largest absolute Gasteiger partial charge is 0.357 e. The van der Waals surface area contributed by atoms with E-state index in [0.717, 1.165) is 5.56 Å². The Bertz CT molecular complexity index is 1320. The van der Waals surface area contributed by atoms with E-state index in [2.05, 4.69) is 5.32 Å². The van der Waals surface area contributed by atoms with Gasteiger partial charge in [-0.1, -0.05) is 77.8 Å². The fourth-order valence-electron chi connectivity index (χ4n) is 4.06. The van der Waals surface area contributed by atoms with Crippen LogP contribution in [0.5, 0.6) is 0 Å². The third-order valence-corrected chi connectivity index (χ3v) is 8.80. The number of nitrogens with zero attached hydrogens (tertiary/aromatic N) is 2. The first-order chi connectivity index (χ1) is 18.1. The van der Waals surface area contributed by atoms with Crippen LogP contribution >= 0.6 is 23.2 Å². The summed E-state index contributed by atoms with van der Waals surface area (Å²) in [6, 6.07) is 21.8. The van der Waals surface area contributed by atoms with Gasteiger partial charge in [-0.25, -0.2) is 12.7 Å². The molecule has 0 aromatic heterocycles. The molecule has 0 fully saturated rings. The van der Waals surface area contributed by atoms with Gasteiger partial charge < -0.3 is 10.2 Å². The zero-order chi connectivity index (χ0) is 27.7. The average Bonchev–Trinajstić information content (AvgIpc) is 2.92. The van der Waals surface area contributed by atoms with Crippen molar-refractivity contribution < 1.29 is 18.0 Å². The van der Waals surface area contributed by atoms with Crippen LogP contribution in [-0.4, -0.2) is 56.1 Å². The number of nitrogens with one attached hydrogen (secondary N) is 1. The lowest BCUT2D eigenvalue weighted by atomic mass is 10.0. The number of halogens is 2. The van der Waals surface area contributed by atoms with Crippen LogP contribution in [-0.2, 0) is 32.6 Å². The maximum atomic E-state index is 13.6. The molecule has 3 rings (SSSR count). The Morgan fingerprint density at radius 2 is 1.47 bits per heavy atom. The predicted molar refractivity (Wildman–Crippen MR) is 151 cm³/mol. The minimum atomic E-state index is -3.68. The van der Waals surface area contributed by atoms with E-state index in [0.29, 0.717) is 15.6 Å². The van der Waals surface area contributed by atoms with E-state index in [1.807, 2.05) is 30.3 Å². The van der Waals surface area contributed by atoms with Gasteiger partial charge in [0.05, 0.1) is 4.90 Å². The summed E-state index contributed by atoms with van der Waals surface area (Å²) in [5.41, 5.74) is 1.42. The highest BCUT2D eigenvalue weighted by Crippen LogP contribution is 2.27. The minimum Gasteiger partial charge on any atom is -0.357 e. The number of rotatable bonds is 12. The van der Waals surface area contributed by atoms with Crippen molar-refractivity contribution in [2.75, 3.05) is 20.6 Å². The summed E-state index contributed by atoms with van der Waals surface area (Å²) in [6.07, 6.45) is 0.579. The highest BCUT2D eigenvalue weighted by atomic mass is 35.5. The van der Waals surface area contributed by atoms with E-state index in [1.165, 1.54) is 35.4 Å². The smallest absolute Gasteiger partial charge is 0.242 e. The van der Waals surface area contributed by atoms with E-state index in [9.17, 15) is 18.0 Å². The third kappa shape index (κ3) is 7.57. The van der Waals surface area contributed by atoms with Gasteiger partial charge in [-0.3, -0.25) is 9.59 Å². The Balaban J connectivity index is 1.83. The fraction of sp³-hybridized carbons (Fsp3) is 0.286. The standard InChI is InChI=1S/C28H31Cl2N3O4S/c1-31-28(35)26(19-21-11-5-3-6-12-21)33(20-23-24(29)15-9-16-25(23)30)27(34)17-10-18-32(2)38(36,37)22-13-7-4-8-14-22/h3-9,11-16,26H,10,17-20H2,1-2H3,(H,31,35)/t26-/m0/s1. The Kier molecular flexibility index (Phi) is 10.7. The van der Waals surface area contributed by atoms with E-state index in [-0.39, 0.29) is 49.1 Å². The van der Waals surface area contributed by atoms with Crippen LogP contribution in [0.15, 0.2) is 83.8 Å². The lowest BCUT2D eigenvalue weighted by molar-refractivity contribution is -0.141. The monoisotopic (exact) mass is 575 g/mol. The van der Waals surface area contributed by atoms with Gasteiger partial charge in [-0.2, -0.15) is 0 Å². The fourth-order valence-corrected chi connectivity index (χ4v) is 5.81. The molecule has 38 heavy (non-hydrogen) atoms. The molecule has 0 unspecified atom stereocenters. The molecule has 0 bridgehead atoms. The summed E-state index contributed by atoms with van der Waals surface area (Å²) in [5.74, 6) is -0.634. The molecule has 0 radical (unpaired) electrons. The second-order valence-electron chi connectivity index (χ2n) is 8.78. The van der Waals surface area contributed by atoms with Crippen molar-refractivity contribution >= 4 is 45.0 Å². The first-order valence-electron chi connectivity index (χ1n) is 12.1. The number of likely N-dealkylation sites (N-methyl/N-ethyl adjacent to an activating group) is 1. The minimum absolute atomic E-state index is 0.0268. The van der Waals surface area contributed by atoms with Crippen molar-refractivity contribution in [1.82, 2.24) is 14.5 Å². The number of carbonyl (C=O) groups excluding carboxylic acids is 2. The van der Waals surface area contributed by atoms with Gasteiger partial charge in [-0.15, -0.1) is 0 Å². The molecule has 0 saturated carbocycles. The zero-order valence-corrected chi connectivity index (χ0v) is 23.6. The molecule has 0 aliphatic carbocycles. The first-order valence-corrected chi connectivity index (χ1v) is 14.3. The van der Waals surface area contributed by atoms with Gasteiger partial charge in [0.1, 0.15) is 6.04 Å². The van der Waals surface area contributed by atoms with Crippen LogP contribution in [0, 0.1) is 0 Å². The summed E-state index contributed by atoms with van der Waals surface area (Å²) >= 11 is 12.8. The first kappa shape index (κ1) is 29.6. The molecular weight excluding hydrogens is 545 g/mol. The van der Waals surface area contributed by atoms with E-state index >= 15 is 0 Å². The lowest BCUT2D eigenvalue weighted by Gasteiger charge is -2.32. The number of sulfonamides is 1. The van der Waals surface area contributed by atoms with Gasteiger partial charge in [0.25, 0.3) is 0 Å². The molecule has 0 saturated heterocycles. The highest BCUT2D eigenvalue weighted by Gasteiger charge is 2.31. The molecule has 202 valence electrons. The van der Waals surface area contributed by atoms with Gasteiger partial charge >= 0.3 is 0 Å². The molecular formula is C28H31Cl2N3O4S. The van der Waals surface area contributed by atoms with Crippen molar-refractivity contribution in [2.45, 2.75) is 36.7 Å². The number of hydrogen-bond acceptors (Lipinski definition) is 4. The molecule has 1 N–H and O–H groups in total. The van der Waals surface area contributed by atoms with Crippen LogP contribution in [0.2, 0.25) is 10.0 Å². The van der Waals surface area contributed by atoms with Crippen LogP contribution in [0.1, 0.15) is 24.0 Å². The Labute approximate surface area is 234 Å². The van der Waals surface area contributed by atoms with Gasteiger partial charge in [0, 0.05) is 55.6 Å². The molecule has 0 aliphatic heterocycles. The quantitative estimate of drug-likeness (QED) is 0.336. The Hall–Kier alpha value is -2.91. The van der Waals surface area contributed by atoms with E-state index < -0.39 is 16.1 Å². The zero-order valence-electron chi connectivity index (χ0n) is 21.3. The maximum Gasteiger partial charge on any atom is 0.242 e. The molecule has 0 spiro atoms. The topological polar surface area (TPSA) is 86.8 Å². The lowest BCUT2D eigenvalue weighted by Crippen LogP contribution is -2.49. The summed E-state index contributed by atoms with van der Waals surface area (Å²) < 4.78 is 26.9. The molecule has 3 aromatic carbocycles. The molecule has 10 heteroatoms.